The zero-order valence-electron chi connectivity index (χ0n) is 8.31. The van der Waals surface area contributed by atoms with Crippen LogP contribution in [0.3, 0.4) is 0 Å². The summed E-state index contributed by atoms with van der Waals surface area (Å²) in [6.45, 7) is 3.08. The van der Waals surface area contributed by atoms with Crippen molar-refractivity contribution in [1.29, 1.82) is 0 Å². The molecule has 0 bridgehead atoms. The summed E-state index contributed by atoms with van der Waals surface area (Å²) in [7, 11) is 1.70. The van der Waals surface area contributed by atoms with Gasteiger partial charge in [0.25, 0.3) is 0 Å². The van der Waals surface area contributed by atoms with Crippen LogP contribution in [0.2, 0.25) is 0 Å². The Kier molecular flexibility index (Phi) is 4.02. The Bertz CT molecular complexity index is 125. The van der Waals surface area contributed by atoms with Crippen molar-refractivity contribution >= 4 is 0 Å². The van der Waals surface area contributed by atoms with Crippen LogP contribution in [0.4, 0.5) is 0 Å². The Morgan fingerprint density at radius 2 is 2.00 bits per heavy atom. The highest BCUT2D eigenvalue weighted by atomic mass is 16.5. The first kappa shape index (κ1) is 10.0. The second kappa shape index (κ2) is 4.83. The lowest BCUT2D eigenvalue weighted by Crippen LogP contribution is -3.03. The van der Waals surface area contributed by atoms with Gasteiger partial charge in [0.05, 0.1) is 13.6 Å². The van der Waals surface area contributed by atoms with Gasteiger partial charge in [0.15, 0.2) is 0 Å². The van der Waals surface area contributed by atoms with Crippen molar-refractivity contribution in [3.8, 4) is 0 Å². The Balaban J connectivity index is 2.21. The smallest absolute Gasteiger partial charge is 0.0768 e. The van der Waals surface area contributed by atoms with Crippen molar-refractivity contribution < 1.29 is 5.06 Å². The second-order valence-corrected chi connectivity index (χ2v) is 4.10. The van der Waals surface area contributed by atoms with Gasteiger partial charge in [-0.1, -0.05) is 26.2 Å². The number of hydrogen-bond acceptors (Lipinski definition) is 1. The maximum atomic E-state index is 10.8. The monoisotopic (exact) mass is 171 g/mol. The van der Waals surface area contributed by atoms with Gasteiger partial charge in [0, 0.05) is 0 Å². The molecule has 0 aliphatic heterocycles. The summed E-state index contributed by atoms with van der Waals surface area (Å²) in [5, 5.41) is 11.2. The van der Waals surface area contributed by atoms with Crippen LogP contribution in [-0.2, 0) is 0 Å². The number of rotatable bonds is 4. The normalized spacial score (nSPS) is 32.2. The van der Waals surface area contributed by atoms with Gasteiger partial charge in [-0.05, 0) is 24.7 Å². The summed E-state index contributed by atoms with van der Waals surface area (Å²) in [5.41, 5.74) is 0. The van der Waals surface area contributed by atoms with Crippen LogP contribution in [0.1, 0.15) is 39.0 Å². The molecule has 1 saturated carbocycles. The fourth-order valence-electron chi connectivity index (χ4n) is 2.42. The number of hydrogen-bond donors (Lipinski definition) is 1. The number of quaternary nitrogens is 1. The van der Waals surface area contributed by atoms with Crippen molar-refractivity contribution in [2.75, 3.05) is 13.6 Å². The van der Waals surface area contributed by atoms with Gasteiger partial charge in [-0.3, -0.25) is 0 Å². The van der Waals surface area contributed by atoms with E-state index in [4.69, 9.17) is 0 Å². The molecule has 0 amide bonds. The van der Waals surface area contributed by atoms with Crippen LogP contribution in [0.5, 0.6) is 0 Å². The molecule has 3 atom stereocenters. The van der Waals surface area contributed by atoms with E-state index in [1.165, 1.54) is 25.7 Å². The van der Waals surface area contributed by atoms with Crippen molar-refractivity contribution in [2.24, 2.45) is 11.8 Å². The highest BCUT2D eigenvalue weighted by Gasteiger charge is 2.25. The van der Waals surface area contributed by atoms with E-state index in [1.807, 2.05) is 0 Å². The molecule has 3 unspecified atom stereocenters. The molecule has 2 nitrogen and oxygen atoms in total. The summed E-state index contributed by atoms with van der Waals surface area (Å²) < 4.78 is 0. The summed E-state index contributed by atoms with van der Waals surface area (Å²) >= 11 is 0. The molecule has 72 valence electrons. The molecular weight excluding hydrogens is 150 g/mol. The molecule has 0 aromatic carbocycles. The summed E-state index contributed by atoms with van der Waals surface area (Å²) in [6.07, 6.45) is 6.61. The van der Waals surface area contributed by atoms with Gasteiger partial charge < -0.3 is 10.3 Å². The lowest BCUT2D eigenvalue weighted by atomic mass is 9.91. The topological polar surface area (TPSA) is 27.5 Å². The van der Waals surface area contributed by atoms with E-state index < -0.39 is 0 Å². The molecule has 12 heavy (non-hydrogen) atoms. The fraction of sp³-hybridized carbons (Fsp3) is 1.00. The maximum Gasteiger partial charge on any atom is 0.0768 e. The largest absolute Gasteiger partial charge is 0.634 e. The summed E-state index contributed by atoms with van der Waals surface area (Å²) in [6, 6.07) is 0. The molecule has 0 aromatic rings. The van der Waals surface area contributed by atoms with Crippen molar-refractivity contribution in [3.05, 3.63) is 5.21 Å². The van der Waals surface area contributed by atoms with E-state index in [0.29, 0.717) is 5.06 Å². The van der Waals surface area contributed by atoms with E-state index in [-0.39, 0.29) is 0 Å². The number of hydroxylamine groups is 2. The minimum Gasteiger partial charge on any atom is -0.634 e. The van der Waals surface area contributed by atoms with Crippen LogP contribution in [-0.4, -0.2) is 13.6 Å². The minimum atomic E-state index is 0.358. The first-order valence-corrected chi connectivity index (χ1v) is 5.23. The average Bonchev–Trinajstić information content (AvgIpc) is 2.47. The van der Waals surface area contributed by atoms with Crippen LogP contribution >= 0.6 is 0 Å². The predicted molar refractivity (Wildman–Crippen MR) is 50.9 cm³/mol. The molecule has 0 spiro atoms. The Morgan fingerprint density at radius 1 is 1.33 bits per heavy atom. The quantitative estimate of drug-likeness (QED) is 0.633. The molecule has 0 heterocycles. The van der Waals surface area contributed by atoms with Crippen LogP contribution < -0.4 is 5.06 Å². The van der Waals surface area contributed by atoms with Gasteiger partial charge in [-0.25, -0.2) is 0 Å². The zero-order chi connectivity index (χ0) is 8.97. The Labute approximate surface area is 75.5 Å². The average molecular weight is 171 g/mol. The Hall–Kier alpha value is -0.0800. The first-order valence-electron chi connectivity index (χ1n) is 5.23. The van der Waals surface area contributed by atoms with Crippen LogP contribution in [0.15, 0.2) is 0 Å². The lowest BCUT2D eigenvalue weighted by molar-refractivity contribution is -0.826. The van der Waals surface area contributed by atoms with Gasteiger partial charge in [0.2, 0.25) is 0 Å². The highest BCUT2D eigenvalue weighted by Crippen LogP contribution is 2.35. The number of nitrogens with one attached hydrogen (secondary N) is 1. The third-order valence-electron chi connectivity index (χ3n) is 3.21. The third kappa shape index (κ3) is 2.76. The lowest BCUT2D eigenvalue weighted by Gasteiger charge is -2.21. The molecule has 2 heteroatoms. The van der Waals surface area contributed by atoms with Gasteiger partial charge in [-0.15, -0.1) is 0 Å². The fourth-order valence-corrected chi connectivity index (χ4v) is 2.42. The van der Waals surface area contributed by atoms with E-state index >= 15 is 0 Å². The van der Waals surface area contributed by atoms with Crippen LogP contribution in [0.25, 0.3) is 0 Å². The second-order valence-electron chi connectivity index (χ2n) is 4.10. The summed E-state index contributed by atoms with van der Waals surface area (Å²) in [5.74, 6) is 1.78. The SMILES string of the molecule is CCC1CCCC1CC[NH+](C)[O-]. The van der Waals surface area contributed by atoms with Gasteiger partial charge in [-0.2, -0.15) is 0 Å². The minimum absolute atomic E-state index is 0.358. The standard InChI is InChI=1S/C10H21NO/c1-3-9-5-4-6-10(9)7-8-11(2)12/h9-11H,3-8H2,1-2H3. The molecule has 0 saturated heterocycles. The Morgan fingerprint density at radius 3 is 2.58 bits per heavy atom. The molecule has 0 aromatic heterocycles. The molecule has 1 N–H and O–H groups in total. The van der Waals surface area contributed by atoms with E-state index in [0.717, 1.165) is 24.8 Å². The van der Waals surface area contributed by atoms with Crippen LogP contribution in [0, 0.1) is 17.0 Å². The predicted octanol–water partition coefficient (Wildman–Crippen LogP) is 1.22. The van der Waals surface area contributed by atoms with E-state index in [2.05, 4.69) is 6.92 Å². The van der Waals surface area contributed by atoms with Gasteiger partial charge >= 0.3 is 0 Å². The summed E-state index contributed by atoms with van der Waals surface area (Å²) in [4.78, 5) is 0. The highest BCUT2D eigenvalue weighted by molar-refractivity contribution is 4.75. The van der Waals surface area contributed by atoms with Crippen molar-refractivity contribution in [2.45, 2.75) is 39.0 Å². The molecule has 1 aliphatic carbocycles. The van der Waals surface area contributed by atoms with Crippen molar-refractivity contribution in [3.63, 3.8) is 0 Å². The molecule has 1 aliphatic rings. The zero-order valence-corrected chi connectivity index (χ0v) is 8.31. The molecule has 1 rings (SSSR count). The van der Waals surface area contributed by atoms with Crippen molar-refractivity contribution in [1.82, 2.24) is 0 Å². The molecular formula is C10H21NO. The third-order valence-corrected chi connectivity index (χ3v) is 3.21. The van der Waals surface area contributed by atoms with E-state index in [1.54, 1.807) is 7.05 Å². The maximum absolute atomic E-state index is 10.8. The van der Waals surface area contributed by atoms with Gasteiger partial charge in [0.1, 0.15) is 0 Å². The molecule has 0 radical (unpaired) electrons. The first-order chi connectivity index (χ1) is 5.74. The molecule has 1 fully saturated rings. The van der Waals surface area contributed by atoms with E-state index in [9.17, 15) is 5.21 Å².